The van der Waals surface area contributed by atoms with Crippen molar-refractivity contribution in [3.8, 4) is 0 Å². The lowest BCUT2D eigenvalue weighted by Gasteiger charge is -2.10. The van der Waals surface area contributed by atoms with Gasteiger partial charge < -0.3 is 9.52 Å². The van der Waals surface area contributed by atoms with E-state index < -0.39 is 6.10 Å². The molecule has 0 aliphatic rings. The first-order chi connectivity index (χ1) is 7.68. The lowest BCUT2D eigenvalue weighted by Crippen LogP contribution is -1.98. The second-order valence-electron chi connectivity index (χ2n) is 4.24. The predicted molar refractivity (Wildman–Crippen MR) is 63.3 cm³/mol. The van der Waals surface area contributed by atoms with Gasteiger partial charge in [-0.2, -0.15) is 0 Å². The van der Waals surface area contributed by atoms with Gasteiger partial charge in [-0.05, 0) is 29.2 Å². The van der Waals surface area contributed by atoms with Gasteiger partial charge in [0.05, 0.1) is 6.26 Å². The maximum atomic E-state index is 10.0. The Morgan fingerprint density at radius 3 is 2.12 bits per heavy atom. The van der Waals surface area contributed by atoms with Crippen LogP contribution in [0.1, 0.15) is 42.8 Å². The maximum absolute atomic E-state index is 10.0. The molecule has 16 heavy (non-hydrogen) atoms. The normalized spacial score (nSPS) is 13.0. The zero-order chi connectivity index (χ0) is 11.5. The summed E-state index contributed by atoms with van der Waals surface area (Å²) in [7, 11) is 0. The van der Waals surface area contributed by atoms with Crippen LogP contribution in [0.5, 0.6) is 0 Å². The number of aliphatic hydroxyl groups excluding tert-OH is 1. The summed E-state index contributed by atoms with van der Waals surface area (Å²) < 4.78 is 5.18. The average molecular weight is 216 g/mol. The van der Waals surface area contributed by atoms with Gasteiger partial charge in [-0.15, -0.1) is 0 Å². The van der Waals surface area contributed by atoms with E-state index in [9.17, 15) is 5.11 Å². The van der Waals surface area contributed by atoms with Crippen molar-refractivity contribution in [2.24, 2.45) is 0 Å². The molecule has 0 saturated carbocycles. The van der Waals surface area contributed by atoms with Crippen molar-refractivity contribution in [2.45, 2.75) is 25.9 Å². The highest BCUT2D eigenvalue weighted by Crippen LogP contribution is 2.24. The molecule has 1 N–H and O–H groups in total. The van der Waals surface area contributed by atoms with Crippen LogP contribution in [0.2, 0.25) is 0 Å². The Morgan fingerprint density at radius 1 is 1.00 bits per heavy atom. The van der Waals surface area contributed by atoms with Crippen molar-refractivity contribution in [1.82, 2.24) is 0 Å². The van der Waals surface area contributed by atoms with E-state index in [1.54, 1.807) is 18.4 Å². The lowest BCUT2D eigenvalue weighted by atomic mass is 9.99. The molecule has 0 radical (unpaired) electrons. The molecule has 0 aliphatic heterocycles. The SMILES string of the molecule is CC(C)c1ccc([C@@H](O)c2ccco2)cc1. The summed E-state index contributed by atoms with van der Waals surface area (Å²) in [5, 5.41) is 10.0. The van der Waals surface area contributed by atoms with Crippen LogP contribution < -0.4 is 0 Å². The molecule has 2 rings (SSSR count). The summed E-state index contributed by atoms with van der Waals surface area (Å²) in [6.45, 7) is 4.30. The van der Waals surface area contributed by atoms with Gasteiger partial charge in [0.15, 0.2) is 0 Å². The Morgan fingerprint density at radius 2 is 1.62 bits per heavy atom. The van der Waals surface area contributed by atoms with Gasteiger partial charge >= 0.3 is 0 Å². The summed E-state index contributed by atoms with van der Waals surface area (Å²) >= 11 is 0. The van der Waals surface area contributed by atoms with Crippen LogP contribution in [0, 0.1) is 0 Å². The quantitative estimate of drug-likeness (QED) is 0.852. The molecule has 84 valence electrons. The Labute approximate surface area is 95.5 Å². The number of hydrogen-bond donors (Lipinski definition) is 1. The minimum absolute atomic E-state index is 0.509. The van der Waals surface area contributed by atoms with Crippen molar-refractivity contribution in [2.75, 3.05) is 0 Å². The van der Waals surface area contributed by atoms with Gasteiger partial charge in [-0.25, -0.2) is 0 Å². The second-order valence-corrected chi connectivity index (χ2v) is 4.24. The van der Waals surface area contributed by atoms with Crippen LogP contribution in [-0.4, -0.2) is 5.11 Å². The van der Waals surface area contributed by atoms with E-state index in [0.717, 1.165) is 5.56 Å². The molecule has 2 nitrogen and oxygen atoms in total. The average Bonchev–Trinajstić information content (AvgIpc) is 2.81. The molecule has 1 aromatic carbocycles. The summed E-state index contributed by atoms with van der Waals surface area (Å²) in [5.41, 5.74) is 2.13. The van der Waals surface area contributed by atoms with E-state index in [2.05, 4.69) is 13.8 Å². The fourth-order valence-electron chi connectivity index (χ4n) is 1.67. The second kappa shape index (κ2) is 4.54. The number of furan rings is 1. The first-order valence-corrected chi connectivity index (χ1v) is 5.50. The molecule has 0 amide bonds. The first-order valence-electron chi connectivity index (χ1n) is 5.50. The van der Waals surface area contributed by atoms with E-state index in [1.807, 2.05) is 24.3 Å². The van der Waals surface area contributed by atoms with Gasteiger partial charge in [0.1, 0.15) is 11.9 Å². The molecular formula is C14H16O2. The third-order valence-electron chi connectivity index (χ3n) is 2.73. The predicted octanol–water partition coefficient (Wildman–Crippen LogP) is 3.48. The van der Waals surface area contributed by atoms with Crippen molar-refractivity contribution >= 4 is 0 Å². The van der Waals surface area contributed by atoms with Gasteiger partial charge in [0.25, 0.3) is 0 Å². The zero-order valence-electron chi connectivity index (χ0n) is 9.55. The first kappa shape index (κ1) is 11.0. The van der Waals surface area contributed by atoms with Crippen molar-refractivity contribution in [1.29, 1.82) is 0 Å². The fraction of sp³-hybridized carbons (Fsp3) is 0.286. The molecular weight excluding hydrogens is 200 g/mol. The molecule has 0 saturated heterocycles. The van der Waals surface area contributed by atoms with Crippen LogP contribution in [-0.2, 0) is 0 Å². The van der Waals surface area contributed by atoms with Gasteiger partial charge in [-0.3, -0.25) is 0 Å². The number of hydrogen-bond acceptors (Lipinski definition) is 2. The fourth-order valence-corrected chi connectivity index (χ4v) is 1.67. The van der Waals surface area contributed by atoms with Gasteiger partial charge in [-0.1, -0.05) is 38.1 Å². The van der Waals surface area contributed by atoms with Crippen molar-refractivity contribution < 1.29 is 9.52 Å². The molecule has 0 bridgehead atoms. The molecule has 2 heteroatoms. The Kier molecular flexibility index (Phi) is 3.11. The van der Waals surface area contributed by atoms with Crippen LogP contribution in [0.15, 0.2) is 47.1 Å². The maximum Gasteiger partial charge on any atom is 0.137 e. The highest BCUT2D eigenvalue weighted by atomic mass is 16.4. The zero-order valence-corrected chi connectivity index (χ0v) is 9.55. The minimum atomic E-state index is -0.670. The molecule has 1 aromatic heterocycles. The number of benzene rings is 1. The summed E-state index contributed by atoms with van der Waals surface area (Å²) in [6.07, 6.45) is 0.900. The van der Waals surface area contributed by atoms with E-state index in [4.69, 9.17) is 4.42 Å². The topological polar surface area (TPSA) is 33.4 Å². The number of rotatable bonds is 3. The van der Waals surface area contributed by atoms with E-state index in [0.29, 0.717) is 11.7 Å². The summed E-state index contributed by atoms with van der Waals surface area (Å²) in [6, 6.07) is 11.5. The van der Waals surface area contributed by atoms with Crippen molar-refractivity contribution in [3.05, 3.63) is 59.5 Å². The molecule has 0 spiro atoms. The largest absolute Gasteiger partial charge is 0.466 e. The van der Waals surface area contributed by atoms with Crippen LogP contribution in [0.25, 0.3) is 0 Å². The Hall–Kier alpha value is -1.54. The molecule has 0 aliphatic carbocycles. The van der Waals surface area contributed by atoms with Crippen LogP contribution in [0.4, 0.5) is 0 Å². The molecule has 2 aromatic rings. The van der Waals surface area contributed by atoms with Crippen LogP contribution >= 0.6 is 0 Å². The van der Waals surface area contributed by atoms with Crippen LogP contribution in [0.3, 0.4) is 0 Å². The van der Waals surface area contributed by atoms with E-state index in [1.165, 1.54) is 5.56 Å². The van der Waals surface area contributed by atoms with E-state index >= 15 is 0 Å². The minimum Gasteiger partial charge on any atom is -0.466 e. The third-order valence-corrected chi connectivity index (χ3v) is 2.73. The lowest BCUT2D eigenvalue weighted by molar-refractivity contribution is 0.189. The standard InChI is InChI=1S/C14H16O2/c1-10(2)11-5-7-12(8-6-11)14(15)13-4-3-9-16-13/h3-10,14-15H,1-2H3/t14-/m1/s1. The number of aliphatic hydroxyl groups is 1. The molecule has 1 heterocycles. The summed E-state index contributed by atoms with van der Waals surface area (Å²) in [4.78, 5) is 0. The Balaban J connectivity index is 2.22. The monoisotopic (exact) mass is 216 g/mol. The molecule has 0 fully saturated rings. The summed E-state index contributed by atoms with van der Waals surface area (Å²) in [5.74, 6) is 1.09. The van der Waals surface area contributed by atoms with Gasteiger partial charge in [0, 0.05) is 0 Å². The Bertz CT molecular complexity index is 426. The molecule has 1 atom stereocenters. The van der Waals surface area contributed by atoms with Gasteiger partial charge in [0.2, 0.25) is 0 Å². The highest BCUT2D eigenvalue weighted by Gasteiger charge is 2.12. The van der Waals surface area contributed by atoms with Crippen molar-refractivity contribution in [3.63, 3.8) is 0 Å². The molecule has 0 unspecified atom stereocenters. The smallest absolute Gasteiger partial charge is 0.137 e. The van der Waals surface area contributed by atoms with E-state index in [-0.39, 0.29) is 0 Å². The third kappa shape index (κ3) is 2.17. The highest BCUT2D eigenvalue weighted by molar-refractivity contribution is 5.29.